The number of fused-ring (bicyclic) bond motifs is 1. The molecule has 0 aliphatic rings. The minimum atomic E-state index is -0.516. The monoisotopic (exact) mass is 263 g/mol. The van der Waals surface area contributed by atoms with Gasteiger partial charge in [0.05, 0.1) is 10.5 Å². The van der Waals surface area contributed by atoms with Crippen LogP contribution in [-0.2, 0) is 4.79 Å². The van der Waals surface area contributed by atoms with Crippen molar-refractivity contribution in [1.82, 2.24) is 15.8 Å². The Balaban J connectivity index is 2.34. The van der Waals surface area contributed by atoms with Gasteiger partial charge in [-0.1, -0.05) is 29.8 Å². The van der Waals surface area contributed by atoms with Crippen molar-refractivity contribution in [3.05, 3.63) is 41.0 Å². The number of benzene rings is 1. The highest BCUT2D eigenvalue weighted by Crippen LogP contribution is 2.22. The molecule has 5 nitrogen and oxygen atoms in total. The number of nitrogens with zero attached hydrogens (tertiary/aromatic N) is 1. The quantitative estimate of drug-likeness (QED) is 0.769. The van der Waals surface area contributed by atoms with Gasteiger partial charge >= 0.3 is 0 Å². The number of carbonyl (C=O) groups is 2. The topological polar surface area (TPSA) is 71.1 Å². The summed E-state index contributed by atoms with van der Waals surface area (Å²) in [6.07, 6.45) is 0. The molecular formula is C12H10ClN3O2. The molecule has 0 saturated heterocycles. The molecule has 0 atom stereocenters. The maximum absolute atomic E-state index is 11.7. The zero-order chi connectivity index (χ0) is 13.1. The second-order valence-electron chi connectivity index (χ2n) is 3.64. The predicted octanol–water partition coefficient (Wildman–Crippen LogP) is 1.67. The van der Waals surface area contributed by atoms with E-state index in [0.29, 0.717) is 10.5 Å². The third-order valence-electron chi connectivity index (χ3n) is 2.25. The molecule has 2 rings (SSSR count). The van der Waals surface area contributed by atoms with Crippen LogP contribution >= 0.6 is 11.6 Å². The van der Waals surface area contributed by atoms with Gasteiger partial charge in [-0.2, -0.15) is 0 Å². The summed E-state index contributed by atoms with van der Waals surface area (Å²) in [5.41, 5.74) is 5.19. The van der Waals surface area contributed by atoms with Gasteiger partial charge in [0.2, 0.25) is 5.91 Å². The van der Waals surface area contributed by atoms with E-state index in [0.717, 1.165) is 5.39 Å². The van der Waals surface area contributed by atoms with E-state index in [4.69, 9.17) is 11.6 Å². The molecular weight excluding hydrogens is 254 g/mol. The Morgan fingerprint density at radius 2 is 1.94 bits per heavy atom. The molecule has 0 aliphatic heterocycles. The second kappa shape index (κ2) is 5.01. The molecule has 0 aliphatic carbocycles. The predicted molar refractivity (Wildman–Crippen MR) is 68.0 cm³/mol. The summed E-state index contributed by atoms with van der Waals surface area (Å²) in [7, 11) is 0. The van der Waals surface area contributed by atoms with Crippen LogP contribution in [-0.4, -0.2) is 16.8 Å². The molecule has 0 bridgehead atoms. The van der Waals surface area contributed by atoms with E-state index >= 15 is 0 Å². The Labute approximate surface area is 108 Å². The first kappa shape index (κ1) is 12.3. The number of nitrogens with one attached hydrogen (secondary N) is 2. The summed E-state index contributed by atoms with van der Waals surface area (Å²) in [5, 5.41) is 1.21. The summed E-state index contributed by atoms with van der Waals surface area (Å²) >= 11 is 6.06. The summed E-state index contributed by atoms with van der Waals surface area (Å²) in [6.45, 7) is 1.29. The second-order valence-corrected chi connectivity index (χ2v) is 4.05. The summed E-state index contributed by atoms with van der Waals surface area (Å²) in [6, 6.07) is 8.69. The molecule has 92 valence electrons. The average molecular weight is 264 g/mol. The van der Waals surface area contributed by atoms with Gasteiger partial charge in [-0.3, -0.25) is 20.4 Å². The minimum absolute atomic E-state index is 0.146. The number of para-hydroxylation sites is 1. The van der Waals surface area contributed by atoms with Crippen molar-refractivity contribution in [3.8, 4) is 0 Å². The lowest BCUT2D eigenvalue weighted by Crippen LogP contribution is -2.40. The molecule has 18 heavy (non-hydrogen) atoms. The molecule has 2 amide bonds. The number of hydrazine groups is 1. The highest BCUT2D eigenvalue weighted by atomic mass is 35.5. The number of hydrogen-bond donors (Lipinski definition) is 2. The van der Waals surface area contributed by atoms with Crippen molar-refractivity contribution in [2.75, 3.05) is 0 Å². The van der Waals surface area contributed by atoms with E-state index in [1.54, 1.807) is 12.1 Å². The van der Waals surface area contributed by atoms with E-state index < -0.39 is 5.91 Å². The van der Waals surface area contributed by atoms with Crippen LogP contribution in [0.1, 0.15) is 17.4 Å². The molecule has 2 aromatic rings. The Bertz CT molecular complexity index is 628. The zero-order valence-corrected chi connectivity index (χ0v) is 10.3. The van der Waals surface area contributed by atoms with Crippen molar-refractivity contribution in [3.63, 3.8) is 0 Å². The standard InChI is InChI=1S/C12H10ClN3O2/c1-7(17)15-16-12(18)11-6-9(13)8-4-2-3-5-10(8)14-11/h2-6H,1H3,(H,15,17)(H,16,18). The van der Waals surface area contributed by atoms with Gasteiger partial charge < -0.3 is 0 Å². The number of carbonyl (C=O) groups excluding carboxylic acids is 2. The van der Waals surface area contributed by atoms with Gasteiger partial charge in [-0.15, -0.1) is 0 Å². The van der Waals surface area contributed by atoms with E-state index in [1.165, 1.54) is 13.0 Å². The van der Waals surface area contributed by atoms with Crippen LogP contribution in [0.5, 0.6) is 0 Å². The first-order valence-electron chi connectivity index (χ1n) is 5.20. The van der Waals surface area contributed by atoms with E-state index in [2.05, 4.69) is 15.8 Å². The van der Waals surface area contributed by atoms with Crippen LogP contribution in [0.15, 0.2) is 30.3 Å². The first-order chi connectivity index (χ1) is 8.58. The number of halogens is 1. The zero-order valence-electron chi connectivity index (χ0n) is 9.53. The van der Waals surface area contributed by atoms with Crippen molar-refractivity contribution in [2.45, 2.75) is 6.92 Å². The molecule has 2 N–H and O–H groups in total. The maximum Gasteiger partial charge on any atom is 0.288 e. The highest BCUT2D eigenvalue weighted by molar-refractivity contribution is 6.35. The third-order valence-corrected chi connectivity index (χ3v) is 2.56. The van der Waals surface area contributed by atoms with Crippen molar-refractivity contribution >= 4 is 34.3 Å². The van der Waals surface area contributed by atoms with Crippen molar-refractivity contribution in [2.24, 2.45) is 0 Å². The number of amides is 2. The lowest BCUT2D eigenvalue weighted by Gasteiger charge is -2.06. The van der Waals surface area contributed by atoms with Crippen LogP contribution in [0, 0.1) is 0 Å². The molecule has 1 aromatic heterocycles. The van der Waals surface area contributed by atoms with Gasteiger partial charge in [0.15, 0.2) is 0 Å². The van der Waals surface area contributed by atoms with Crippen molar-refractivity contribution in [1.29, 1.82) is 0 Å². The van der Waals surface area contributed by atoms with Gasteiger partial charge in [-0.25, -0.2) is 4.98 Å². The normalized spacial score (nSPS) is 10.1. The largest absolute Gasteiger partial charge is 0.288 e. The molecule has 0 fully saturated rings. The number of rotatable bonds is 1. The molecule has 6 heteroatoms. The van der Waals surface area contributed by atoms with Crippen LogP contribution in [0.3, 0.4) is 0 Å². The van der Waals surface area contributed by atoms with Crippen LogP contribution < -0.4 is 10.9 Å². The van der Waals surface area contributed by atoms with E-state index in [-0.39, 0.29) is 11.6 Å². The molecule has 0 unspecified atom stereocenters. The minimum Gasteiger partial charge on any atom is -0.274 e. The smallest absolute Gasteiger partial charge is 0.274 e. The third kappa shape index (κ3) is 2.57. The Morgan fingerprint density at radius 3 is 2.67 bits per heavy atom. The number of hydrogen-bond acceptors (Lipinski definition) is 3. The van der Waals surface area contributed by atoms with Gasteiger partial charge in [0.1, 0.15) is 5.69 Å². The Kier molecular flexibility index (Phi) is 3.43. The van der Waals surface area contributed by atoms with Crippen molar-refractivity contribution < 1.29 is 9.59 Å². The SMILES string of the molecule is CC(=O)NNC(=O)c1cc(Cl)c2ccccc2n1. The molecule has 1 aromatic carbocycles. The lowest BCUT2D eigenvalue weighted by atomic mass is 10.2. The fraction of sp³-hybridized carbons (Fsp3) is 0.0833. The molecule has 0 radical (unpaired) electrons. The maximum atomic E-state index is 11.7. The Hall–Kier alpha value is -2.14. The number of pyridine rings is 1. The van der Waals surface area contributed by atoms with E-state index in [1.807, 2.05) is 12.1 Å². The lowest BCUT2D eigenvalue weighted by molar-refractivity contribution is -0.119. The molecule has 0 spiro atoms. The molecule has 0 saturated carbocycles. The van der Waals surface area contributed by atoms with E-state index in [9.17, 15) is 9.59 Å². The van der Waals surface area contributed by atoms with Gasteiger partial charge in [-0.05, 0) is 12.1 Å². The average Bonchev–Trinajstić information content (AvgIpc) is 2.36. The van der Waals surface area contributed by atoms with Gasteiger partial charge in [0, 0.05) is 12.3 Å². The summed E-state index contributed by atoms with van der Waals surface area (Å²) in [4.78, 5) is 26.6. The summed E-state index contributed by atoms with van der Waals surface area (Å²) < 4.78 is 0. The number of aromatic nitrogens is 1. The fourth-order valence-electron chi connectivity index (χ4n) is 1.46. The molecule has 1 heterocycles. The first-order valence-corrected chi connectivity index (χ1v) is 5.58. The van der Waals surface area contributed by atoms with Crippen LogP contribution in [0.25, 0.3) is 10.9 Å². The van der Waals surface area contributed by atoms with Crippen LogP contribution in [0.4, 0.5) is 0 Å². The van der Waals surface area contributed by atoms with Gasteiger partial charge in [0.25, 0.3) is 5.91 Å². The van der Waals surface area contributed by atoms with Crippen LogP contribution in [0.2, 0.25) is 5.02 Å². The Morgan fingerprint density at radius 1 is 1.22 bits per heavy atom. The highest BCUT2D eigenvalue weighted by Gasteiger charge is 2.10. The summed E-state index contributed by atoms with van der Waals surface area (Å²) in [5.74, 6) is -0.881. The fourth-order valence-corrected chi connectivity index (χ4v) is 1.72.